The van der Waals surface area contributed by atoms with E-state index in [0.29, 0.717) is 17.3 Å². The fourth-order valence-corrected chi connectivity index (χ4v) is 5.46. The summed E-state index contributed by atoms with van der Waals surface area (Å²) in [5.74, 6) is -2.58. The molecule has 3 aromatic rings. The van der Waals surface area contributed by atoms with E-state index in [1.165, 1.54) is 20.5 Å². The second-order valence-corrected chi connectivity index (χ2v) is 10.6. The maximum Gasteiger partial charge on any atom is 0.451 e. The highest BCUT2D eigenvalue weighted by molar-refractivity contribution is 6.31. The molecule has 16 heteroatoms. The summed E-state index contributed by atoms with van der Waals surface area (Å²) in [6.07, 6.45) is -7.37. The molecule has 1 unspecified atom stereocenters. The van der Waals surface area contributed by atoms with E-state index in [0.717, 1.165) is 18.5 Å². The predicted molar refractivity (Wildman–Crippen MR) is 134 cm³/mol. The van der Waals surface area contributed by atoms with Crippen LogP contribution in [0.5, 0.6) is 0 Å². The number of halogens is 7. The second kappa shape index (κ2) is 10.5. The SMILES string of the molecule is CC(c1cnc(C(F)(F)F)nc1)N1C[C@@H](CO)n2nc3c(c2C1=O)CN(C(=O)c1ccc(Cl)c(C(F)(F)F)c1)[C@H](C)C3. The van der Waals surface area contributed by atoms with Gasteiger partial charge in [-0.1, -0.05) is 11.6 Å². The molecule has 2 aliphatic rings. The zero-order valence-electron chi connectivity index (χ0n) is 22.0. The first-order chi connectivity index (χ1) is 19.6. The molecule has 2 aromatic heterocycles. The molecule has 2 aliphatic heterocycles. The number of aliphatic hydroxyl groups excluding tert-OH is 1. The molecule has 0 radical (unpaired) electrons. The summed E-state index contributed by atoms with van der Waals surface area (Å²) in [5.41, 5.74) is -0.222. The van der Waals surface area contributed by atoms with E-state index in [1.807, 2.05) is 0 Å². The van der Waals surface area contributed by atoms with E-state index in [9.17, 15) is 41.0 Å². The quantitative estimate of drug-likeness (QED) is 0.426. The summed E-state index contributed by atoms with van der Waals surface area (Å²) in [6, 6.07) is 0.892. The third kappa shape index (κ3) is 5.19. The van der Waals surface area contributed by atoms with Crippen molar-refractivity contribution in [1.82, 2.24) is 29.5 Å². The molecule has 1 N–H and O–H groups in total. The lowest BCUT2D eigenvalue weighted by atomic mass is 9.96. The Hall–Kier alpha value is -3.72. The average molecular weight is 617 g/mol. The van der Waals surface area contributed by atoms with Gasteiger partial charge in [0, 0.05) is 48.1 Å². The minimum absolute atomic E-state index is 0.0196. The van der Waals surface area contributed by atoms with Crippen molar-refractivity contribution < 1.29 is 41.0 Å². The normalized spacial score (nSPS) is 19.9. The van der Waals surface area contributed by atoms with Crippen LogP contribution >= 0.6 is 11.6 Å². The number of carbonyl (C=O) groups is 2. The van der Waals surface area contributed by atoms with Gasteiger partial charge in [-0.2, -0.15) is 31.4 Å². The molecule has 224 valence electrons. The van der Waals surface area contributed by atoms with Crippen LogP contribution in [0.15, 0.2) is 30.6 Å². The van der Waals surface area contributed by atoms with Crippen molar-refractivity contribution in [2.24, 2.45) is 0 Å². The smallest absolute Gasteiger partial charge is 0.394 e. The molecule has 2 amide bonds. The van der Waals surface area contributed by atoms with Crippen molar-refractivity contribution in [3.8, 4) is 0 Å². The van der Waals surface area contributed by atoms with Crippen LogP contribution in [0, 0.1) is 0 Å². The molecule has 1 aromatic carbocycles. The van der Waals surface area contributed by atoms with Gasteiger partial charge < -0.3 is 14.9 Å². The molecule has 0 saturated heterocycles. The van der Waals surface area contributed by atoms with E-state index in [2.05, 4.69) is 15.1 Å². The van der Waals surface area contributed by atoms with E-state index >= 15 is 0 Å². The molecule has 0 saturated carbocycles. The number of hydrogen-bond donors (Lipinski definition) is 1. The summed E-state index contributed by atoms with van der Waals surface area (Å²) in [7, 11) is 0. The highest BCUT2D eigenvalue weighted by Crippen LogP contribution is 2.38. The van der Waals surface area contributed by atoms with Crippen molar-refractivity contribution in [1.29, 1.82) is 0 Å². The lowest BCUT2D eigenvalue weighted by Crippen LogP contribution is -2.47. The summed E-state index contributed by atoms with van der Waals surface area (Å²) < 4.78 is 80.4. The number of aromatic nitrogens is 4. The van der Waals surface area contributed by atoms with Crippen molar-refractivity contribution in [3.63, 3.8) is 0 Å². The van der Waals surface area contributed by atoms with Crippen LogP contribution in [0.4, 0.5) is 26.3 Å². The van der Waals surface area contributed by atoms with Crippen LogP contribution < -0.4 is 0 Å². The number of aliphatic hydroxyl groups is 1. The fraction of sp³-hybridized carbons (Fsp3) is 0.423. The number of rotatable bonds is 4. The van der Waals surface area contributed by atoms with Gasteiger partial charge >= 0.3 is 12.4 Å². The largest absolute Gasteiger partial charge is 0.451 e. The molecule has 0 aliphatic carbocycles. The molecule has 9 nitrogen and oxygen atoms in total. The van der Waals surface area contributed by atoms with Crippen molar-refractivity contribution in [2.75, 3.05) is 13.2 Å². The molecule has 42 heavy (non-hydrogen) atoms. The van der Waals surface area contributed by atoms with Crippen molar-refractivity contribution in [2.45, 2.75) is 57.3 Å². The first-order valence-corrected chi connectivity index (χ1v) is 13.1. The minimum atomic E-state index is -4.77. The standard InChI is InChI=1S/C26H23ClF6N6O3/c1-12-5-20-17(10-37(12)22(41)14-3-4-19(27)18(6-14)25(28,29)30)21-23(42)38(9-16(11-40)39(21)36-20)13(2)15-7-34-24(35-8-15)26(31,32)33/h3-4,6-8,12-13,16,40H,5,9-11H2,1-2H3/t12-,13?,16+/m1/s1. The monoisotopic (exact) mass is 616 g/mol. The van der Waals surface area contributed by atoms with Crippen LogP contribution in [0.2, 0.25) is 5.02 Å². The van der Waals surface area contributed by atoms with Crippen LogP contribution in [0.3, 0.4) is 0 Å². The van der Waals surface area contributed by atoms with Gasteiger partial charge in [0.1, 0.15) is 5.69 Å². The Morgan fingerprint density at radius 2 is 1.81 bits per heavy atom. The van der Waals surface area contributed by atoms with E-state index < -0.39 is 65.3 Å². The van der Waals surface area contributed by atoms with Gasteiger partial charge in [0.2, 0.25) is 5.82 Å². The second-order valence-electron chi connectivity index (χ2n) is 10.2. The highest BCUT2D eigenvalue weighted by Gasteiger charge is 2.42. The topological polar surface area (TPSA) is 104 Å². The van der Waals surface area contributed by atoms with Crippen LogP contribution in [0.25, 0.3) is 0 Å². The molecule has 4 heterocycles. The minimum Gasteiger partial charge on any atom is -0.394 e. The van der Waals surface area contributed by atoms with Crippen molar-refractivity contribution >= 4 is 23.4 Å². The number of amides is 2. The Morgan fingerprint density at radius 3 is 2.40 bits per heavy atom. The third-order valence-corrected chi connectivity index (χ3v) is 7.85. The summed E-state index contributed by atoms with van der Waals surface area (Å²) in [5, 5.41) is 14.1. The Bertz CT molecular complexity index is 1540. The number of alkyl halides is 6. The van der Waals surface area contributed by atoms with Gasteiger partial charge in [0.05, 0.1) is 41.5 Å². The highest BCUT2D eigenvalue weighted by atomic mass is 35.5. The lowest BCUT2D eigenvalue weighted by molar-refractivity contribution is -0.145. The number of hydrogen-bond acceptors (Lipinski definition) is 6. The Kier molecular flexibility index (Phi) is 7.46. The van der Waals surface area contributed by atoms with Gasteiger partial charge in [-0.3, -0.25) is 14.3 Å². The number of nitrogens with zero attached hydrogens (tertiary/aromatic N) is 6. The molecular formula is C26H23ClF6N6O3. The fourth-order valence-electron chi connectivity index (χ4n) is 5.24. The van der Waals surface area contributed by atoms with E-state index in [1.54, 1.807) is 13.8 Å². The van der Waals surface area contributed by atoms with Crippen LogP contribution in [-0.2, 0) is 25.3 Å². The zero-order valence-corrected chi connectivity index (χ0v) is 22.8. The Balaban J connectivity index is 1.47. The summed E-state index contributed by atoms with van der Waals surface area (Å²) >= 11 is 5.71. The van der Waals surface area contributed by atoms with Gasteiger partial charge in [-0.05, 0) is 32.0 Å². The van der Waals surface area contributed by atoms with E-state index in [-0.39, 0.29) is 36.3 Å². The third-order valence-electron chi connectivity index (χ3n) is 7.52. The Morgan fingerprint density at radius 1 is 1.14 bits per heavy atom. The lowest BCUT2D eigenvalue weighted by Gasteiger charge is -2.38. The average Bonchev–Trinajstić information content (AvgIpc) is 3.30. The number of carbonyl (C=O) groups excluding carboxylic acids is 2. The molecular weight excluding hydrogens is 594 g/mol. The van der Waals surface area contributed by atoms with Crippen LogP contribution in [-0.4, -0.2) is 65.7 Å². The molecule has 0 fully saturated rings. The molecule has 5 rings (SSSR count). The number of benzene rings is 1. The first kappa shape index (κ1) is 29.8. The van der Waals surface area contributed by atoms with Gasteiger partial charge in [-0.25, -0.2) is 9.97 Å². The summed E-state index contributed by atoms with van der Waals surface area (Å²) in [6.45, 7) is 2.69. The predicted octanol–water partition coefficient (Wildman–Crippen LogP) is 4.70. The molecule has 0 spiro atoms. The van der Waals surface area contributed by atoms with Gasteiger partial charge in [-0.15, -0.1) is 0 Å². The molecule has 0 bridgehead atoms. The summed E-state index contributed by atoms with van der Waals surface area (Å²) in [4.78, 5) is 36.6. The zero-order chi connectivity index (χ0) is 30.7. The maximum absolute atomic E-state index is 13.8. The van der Waals surface area contributed by atoms with Crippen molar-refractivity contribution in [3.05, 3.63) is 75.1 Å². The number of fused-ring (bicyclic) bond motifs is 3. The van der Waals surface area contributed by atoms with Gasteiger partial charge in [0.15, 0.2) is 0 Å². The van der Waals surface area contributed by atoms with E-state index in [4.69, 9.17) is 11.6 Å². The van der Waals surface area contributed by atoms with Gasteiger partial charge in [0.25, 0.3) is 11.8 Å². The first-order valence-electron chi connectivity index (χ1n) is 12.7. The maximum atomic E-state index is 13.8. The van der Waals surface area contributed by atoms with Crippen LogP contribution in [0.1, 0.15) is 75.0 Å². The Labute approximate surface area is 239 Å². The molecule has 3 atom stereocenters.